The van der Waals surface area contributed by atoms with Crippen LogP contribution in [0, 0.1) is 11.8 Å². The molecule has 8 heavy (non-hydrogen) atoms. The van der Waals surface area contributed by atoms with Gasteiger partial charge in [-0.25, -0.2) is 0 Å². The largest absolute Gasteiger partial charge is 0.316 e. The van der Waals surface area contributed by atoms with Crippen LogP contribution in [0.1, 0.15) is 19.3 Å². The van der Waals surface area contributed by atoms with Crippen LogP contribution in [0.3, 0.4) is 0 Å². The predicted octanol–water partition coefficient (Wildman–Crippen LogP) is 1.01. The molecule has 2 fully saturated rings. The second-order valence-electron chi connectivity index (χ2n) is 3.10. The monoisotopic (exact) mass is 111 g/mol. The molecule has 0 bridgehead atoms. The molecule has 1 saturated carbocycles. The van der Waals surface area contributed by atoms with Crippen molar-refractivity contribution in [1.82, 2.24) is 5.32 Å². The molecule has 46 valence electrons. The maximum atomic E-state index is 3.44. The van der Waals surface area contributed by atoms with Gasteiger partial charge in [0.25, 0.3) is 0 Å². The third-order valence-corrected chi connectivity index (χ3v) is 2.40. The van der Waals surface area contributed by atoms with E-state index in [1.54, 1.807) is 0 Å². The molecule has 1 aliphatic heterocycles. The highest BCUT2D eigenvalue weighted by Gasteiger charge is 2.36. The zero-order valence-corrected chi connectivity index (χ0v) is 5.19. The lowest BCUT2D eigenvalue weighted by molar-refractivity contribution is 0.651. The van der Waals surface area contributed by atoms with Crippen LogP contribution < -0.4 is 5.32 Å². The third kappa shape index (κ3) is 0.752. The summed E-state index contributed by atoms with van der Waals surface area (Å²) in [5.41, 5.74) is 0. The molecular formula is C7H13N. The van der Waals surface area contributed by atoms with Gasteiger partial charge in [0, 0.05) is 0 Å². The highest BCUT2D eigenvalue weighted by atomic mass is 14.9. The molecule has 0 spiro atoms. The molecule has 2 rings (SSSR count). The average Bonchev–Trinajstić information content (AvgIpc) is 2.36. The second kappa shape index (κ2) is 1.73. The molecule has 0 aromatic carbocycles. The quantitative estimate of drug-likeness (QED) is 0.492. The summed E-state index contributed by atoms with van der Waals surface area (Å²) in [5.74, 6) is 2.21. The van der Waals surface area contributed by atoms with Gasteiger partial charge in [-0.2, -0.15) is 0 Å². The van der Waals surface area contributed by atoms with Gasteiger partial charge < -0.3 is 5.32 Å². The number of hydrogen-bond acceptors (Lipinski definition) is 1. The van der Waals surface area contributed by atoms with Gasteiger partial charge in [0.15, 0.2) is 0 Å². The van der Waals surface area contributed by atoms with Crippen LogP contribution in [0.25, 0.3) is 0 Å². The number of fused-ring (bicyclic) bond motifs is 1. The van der Waals surface area contributed by atoms with Crippen molar-refractivity contribution in [2.45, 2.75) is 19.3 Å². The van der Waals surface area contributed by atoms with Crippen molar-refractivity contribution >= 4 is 0 Å². The lowest BCUT2D eigenvalue weighted by Gasteiger charge is -1.95. The molecule has 0 aromatic heterocycles. The Morgan fingerprint density at radius 3 is 3.25 bits per heavy atom. The lowest BCUT2D eigenvalue weighted by atomic mass is 10.2. The summed E-state index contributed by atoms with van der Waals surface area (Å²) >= 11 is 0. The lowest BCUT2D eigenvalue weighted by Crippen LogP contribution is -2.15. The molecule has 0 aromatic rings. The van der Waals surface area contributed by atoms with Crippen molar-refractivity contribution in [3.8, 4) is 0 Å². The van der Waals surface area contributed by atoms with Gasteiger partial charge in [-0.1, -0.05) is 0 Å². The van der Waals surface area contributed by atoms with Crippen LogP contribution in [0.2, 0.25) is 0 Å². The van der Waals surface area contributed by atoms with Crippen LogP contribution in [0.15, 0.2) is 0 Å². The topological polar surface area (TPSA) is 12.0 Å². The number of hydrogen-bond donors (Lipinski definition) is 1. The molecule has 0 amide bonds. The highest BCUT2D eigenvalue weighted by molar-refractivity contribution is 4.89. The van der Waals surface area contributed by atoms with Gasteiger partial charge in [0.05, 0.1) is 0 Å². The minimum Gasteiger partial charge on any atom is -0.316 e. The van der Waals surface area contributed by atoms with E-state index in [0.717, 1.165) is 11.8 Å². The molecule has 1 saturated heterocycles. The van der Waals surface area contributed by atoms with E-state index in [-0.39, 0.29) is 0 Å². The van der Waals surface area contributed by atoms with Crippen LogP contribution in [0.4, 0.5) is 0 Å². The van der Waals surface area contributed by atoms with Crippen molar-refractivity contribution < 1.29 is 0 Å². The molecule has 2 atom stereocenters. The van der Waals surface area contributed by atoms with Crippen LogP contribution in [-0.2, 0) is 0 Å². The van der Waals surface area contributed by atoms with Gasteiger partial charge in [-0.05, 0) is 44.2 Å². The van der Waals surface area contributed by atoms with Crippen molar-refractivity contribution in [3.05, 3.63) is 0 Å². The first-order valence-corrected chi connectivity index (χ1v) is 3.67. The third-order valence-electron chi connectivity index (χ3n) is 2.40. The summed E-state index contributed by atoms with van der Waals surface area (Å²) in [6.45, 7) is 2.58. The van der Waals surface area contributed by atoms with E-state index in [9.17, 15) is 0 Å². The summed E-state index contributed by atoms with van der Waals surface area (Å²) in [6, 6.07) is 0. The van der Waals surface area contributed by atoms with E-state index in [1.165, 1.54) is 32.4 Å². The molecule has 2 aliphatic rings. The van der Waals surface area contributed by atoms with Crippen molar-refractivity contribution in [2.75, 3.05) is 13.1 Å². The first kappa shape index (κ1) is 4.80. The Labute approximate surface area is 50.5 Å². The summed E-state index contributed by atoms with van der Waals surface area (Å²) in [6.07, 6.45) is 4.44. The summed E-state index contributed by atoms with van der Waals surface area (Å²) < 4.78 is 0. The Bertz CT molecular complexity index is 80.4. The molecule has 0 radical (unpaired) electrons. The Morgan fingerprint density at radius 2 is 2.25 bits per heavy atom. The van der Waals surface area contributed by atoms with Crippen molar-refractivity contribution in [2.24, 2.45) is 11.8 Å². The summed E-state index contributed by atoms with van der Waals surface area (Å²) in [7, 11) is 0. The average molecular weight is 111 g/mol. The van der Waals surface area contributed by atoms with E-state index < -0.39 is 0 Å². The number of rotatable bonds is 0. The molecular weight excluding hydrogens is 98.1 g/mol. The predicted molar refractivity (Wildman–Crippen MR) is 33.7 cm³/mol. The van der Waals surface area contributed by atoms with Gasteiger partial charge in [0.1, 0.15) is 0 Å². The molecule has 1 heteroatoms. The van der Waals surface area contributed by atoms with E-state index in [0.29, 0.717) is 0 Å². The van der Waals surface area contributed by atoms with Gasteiger partial charge in [-0.3, -0.25) is 0 Å². The SMILES string of the molecule is C1CNC[C@@H]2C[C@@H]2C1. The standard InChI is InChI=1S/C7H13N/c1-2-6-4-7(6)5-8-3-1/h6-8H,1-5H2/t6-,7-/m0/s1. The van der Waals surface area contributed by atoms with Gasteiger partial charge >= 0.3 is 0 Å². The minimum absolute atomic E-state index is 1.08. The van der Waals surface area contributed by atoms with Crippen LogP contribution >= 0.6 is 0 Å². The fourth-order valence-electron chi connectivity index (χ4n) is 1.69. The maximum Gasteiger partial charge on any atom is -0.00178 e. The Morgan fingerprint density at radius 1 is 1.25 bits per heavy atom. The minimum atomic E-state index is 1.08. The highest BCUT2D eigenvalue weighted by Crippen LogP contribution is 2.42. The first-order valence-electron chi connectivity index (χ1n) is 3.67. The molecule has 0 unspecified atom stereocenters. The van der Waals surface area contributed by atoms with Crippen molar-refractivity contribution in [3.63, 3.8) is 0 Å². The van der Waals surface area contributed by atoms with E-state index in [2.05, 4.69) is 5.32 Å². The smallest absolute Gasteiger partial charge is 0.00178 e. The second-order valence-corrected chi connectivity index (χ2v) is 3.10. The Kier molecular flexibility index (Phi) is 1.04. The summed E-state index contributed by atoms with van der Waals surface area (Å²) in [4.78, 5) is 0. The number of nitrogens with one attached hydrogen (secondary N) is 1. The normalized spacial score (nSPS) is 45.0. The van der Waals surface area contributed by atoms with E-state index in [1.807, 2.05) is 0 Å². The summed E-state index contributed by atoms with van der Waals surface area (Å²) in [5, 5.41) is 3.44. The zero-order valence-electron chi connectivity index (χ0n) is 5.19. The molecule has 1 heterocycles. The molecule has 1 N–H and O–H groups in total. The fourth-order valence-corrected chi connectivity index (χ4v) is 1.69. The van der Waals surface area contributed by atoms with Crippen LogP contribution in [-0.4, -0.2) is 13.1 Å². The Balaban J connectivity index is 1.89. The van der Waals surface area contributed by atoms with Gasteiger partial charge in [-0.15, -0.1) is 0 Å². The van der Waals surface area contributed by atoms with E-state index in [4.69, 9.17) is 0 Å². The van der Waals surface area contributed by atoms with E-state index >= 15 is 0 Å². The van der Waals surface area contributed by atoms with Crippen LogP contribution in [0.5, 0.6) is 0 Å². The first-order chi connectivity index (χ1) is 3.97. The fraction of sp³-hybridized carbons (Fsp3) is 1.00. The molecule has 1 nitrogen and oxygen atoms in total. The van der Waals surface area contributed by atoms with Gasteiger partial charge in [0.2, 0.25) is 0 Å². The Hall–Kier alpha value is -0.0400. The van der Waals surface area contributed by atoms with Crippen molar-refractivity contribution in [1.29, 1.82) is 0 Å². The maximum absolute atomic E-state index is 3.44. The molecule has 1 aliphatic carbocycles. The zero-order chi connectivity index (χ0) is 5.40.